The van der Waals surface area contributed by atoms with Gasteiger partial charge in [-0.15, -0.1) is 0 Å². The van der Waals surface area contributed by atoms with E-state index >= 15 is 0 Å². The summed E-state index contributed by atoms with van der Waals surface area (Å²) in [7, 11) is 0. The monoisotopic (exact) mass is 398 g/mol. The lowest BCUT2D eigenvalue weighted by atomic mass is 9.96. The average molecular weight is 399 g/mol. The van der Waals surface area contributed by atoms with Crippen LogP contribution in [0.15, 0.2) is 24.3 Å². The quantitative estimate of drug-likeness (QED) is 0.757. The Morgan fingerprint density at radius 3 is 2.72 bits per heavy atom. The number of ketones is 1. The Bertz CT molecular complexity index is 885. The molecule has 29 heavy (non-hydrogen) atoms. The van der Waals surface area contributed by atoms with E-state index in [9.17, 15) is 9.59 Å². The molecule has 1 amide bonds. The Labute approximate surface area is 171 Å². The fourth-order valence-corrected chi connectivity index (χ4v) is 4.41. The number of nitrogens with one attached hydrogen (secondary N) is 1. The maximum absolute atomic E-state index is 13.0. The Balaban J connectivity index is 1.37. The van der Waals surface area contributed by atoms with E-state index in [1.807, 2.05) is 33.8 Å². The number of Topliss-reactive ketones (excluding diaryl/α,β-unsaturated/α-hetero) is 1. The second-order valence-corrected chi connectivity index (χ2v) is 8.44. The first-order valence-corrected chi connectivity index (χ1v) is 10.6. The molecule has 0 radical (unpaired) electrons. The minimum atomic E-state index is 0.0903. The van der Waals surface area contributed by atoms with Crippen molar-refractivity contribution in [3.05, 3.63) is 30.0 Å². The molecule has 1 aromatic heterocycles. The van der Waals surface area contributed by atoms with Crippen LogP contribution in [0.3, 0.4) is 0 Å². The maximum Gasteiger partial charge on any atom is 0.224 e. The van der Waals surface area contributed by atoms with Crippen LogP contribution in [0.4, 0.5) is 0 Å². The number of para-hydroxylation sites is 1. The van der Waals surface area contributed by atoms with Crippen LogP contribution in [0.5, 0.6) is 0 Å². The van der Waals surface area contributed by atoms with Crippen molar-refractivity contribution in [2.24, 2.45) is 5.92 Å². The number of aromatic nitrogens is 2. The Kier molecular flexibility index (Phi) is 5.96. The smallest absolute Gasteiger partial charge is 0.224 e. The third-order valence-corrected chi connectivity index (χ3v) is 5.94. The third-order valence-electron chi connectivity index (χ3n) is 5.94. The van der Waals surface area contributed by atoms with Gasteiger partial charge in [-0.05, 0) is 38.8 Å². The zero-order chi connectivity index (χ0) is 20.4. The van der Waals surface area contributed by atoms with E-state index < -0.39 is 0 Å². The molecule has 0 saturated carbocycles. The summed E-state index contributed by atoms with van der Waals surface area (Å²) in [6.45, 7) is 7.53. The molecule has 2 aliphatic heterocycles. The predicted octanol–water partition coefficient (Wildman–Crippen LogP) is 2.42. The fraction of sp³-hybridized carbons (Fsp3) is 0.591. The maximum atomic E-state index is 13.0. The first kappa shape index (κ1) is 20.0. The van der Waals surface area contributed by atoms with Crippen LogP contribution in [-0.2, 0) is 9.53 Å². The van der Waals surface area contributed by atoms with Gasteiger partial charge in [0.2, 0.25) is 5.91 Å². The van der Waals surface area contributed by atoms with E-state index in [2.05, 4.69) is 24.3 Å². The largest absolute Gasteiger partial charge is 0.378 e. The SMILES string of the molecule is CC(C)n1nc(C(=O)C[C@@H]2CN[C@H](CC(=O)N3CCOCC3)C2)c2ccccc21. The molecular formula is C22H30N4O3. The van der Waals surface area contributed by atoms with E-state index in [1.165, 1.54) is 0 Å². The average Bonchev–Trinajstić information content (AvgIpc) is 3.33. The predicted molar refractivity (Wildman–Crippen MR) is 111 cm³/mol. The summed E-state index contributed by atoms with van der Waals surface area (Å²) in [6, 6.07) is 8.27. The standard InChI is InChI=1S/C22H30N4O3/c1-15(2)26-19-6-4-3-5-18(19)22(24-26)20(27)12-16-11-17(23-14-16)13-21(28)25-7-9-29-10-8-25/h3-6,15-17,23H,7-14H2,1-2H3/t16-,17+/m1/s1. The van der Waals surface area contributed by atoms with Crippen molar-refractivity contribution < 1.29 is 14.3 Å². The molecule has 1 aromatic carbocycles. The third kappa shape index (κ3) is 4.36. The number of carbonyl (C=O) groups is 2. The number of fused-ring (bicyclic) bond motifs is 1. The normalized spacial score (nSPS) is 22.5. The molecule has 3 heterocycles. The summed E-state index contributed by atoms with van der Waals surface area (Å²) in [5.41, 5.74) is 1.58. The fourth-order valence-electron chi connectivity index (χ4n) is 4.41. The summed E-state index contributed by atoms with van der Waals surface area (Å²) in [4.78, 5) is 27.4. The number of morpholine rings is 1. The van der Waals surface area contributed by atoms with Crippen molar-refractivity contribution in [1.82, 2.24) is 20.0 Å². The molecule has 0 spiro atoms. The summed E-state index contributed by atoms with van der Waals surface area (Å²) in [5.74, 6) is 0.514. The van der Waals surface area contributed by atoms with Gasteiger partial charge in [0.05, 0.1) is 18.7 Å². The number of carbonyl (C=O) groups excluding carboxylic acids is 2. The highest BCUT2D eigenvalue weighted by molar-refractivity contribution is 6.06. The molecule has 156 valence electrons. The van der Waals surface area contributed by atoms with Gasteiger partial charge in [0.1, 0.15) is 5.69 Å². The van der Waals surface area contributed by atoms with E-state index in [-0.39, 0.29) is 29.7 Å². The van der Waals surface area contributed by atoms with Crippen molar-refractivity contribution in [2.75, 3.05) is 32.8 Å². The van der Waals surface area contributed by atoms with Crippen LogP contribution in [0, 0.1) is 5.92 Å². The van der Waals surface area contributed by atoms with Crippen molar-refractivity contribution >= 4 is 22.6 Å². The van der Waals surface area contributed by atoms with Crippen molar-refractivity contribution in [3.8, 4) is 0 Å². The topological polar surface area (TPSA) is 76.5 Å². The van der Waals surface area contributed by atoms with Gasteiger partial charge >= 0.3 is 0 Å². The highest BCUT2D eigenvalue weighted by Gasteiger charge is 2.30. The van der Waals surface area contributed by atoms with Gasteiger partial charge in [0.15, 0.2) is 5.78 Å². The zero-order valence-corrected chi connectivity index (χ0v) is 17.3. The molecule has 1 N–H and O–H groups in total. The minimum Gasteiger partial charge on any atom is -0.378 e. The van der Waals surface area contributed by atoms with Crippen LogP contribution in [0.25, 0.3) is 10.9 Å². The first-order valence-electron chi connectivity index (χ1n) is 10.6. The van der Waals surface area contributed by atoms with Gasteiger partial charge in [-0.3, -0.25) is 14.3 Å². The van der Waals surface area contributed by atoms with Gasteiger partial charge in [0, 0.05) is 43.4 Å². The van der Waals surface area contributed by atoms with Gasteiger partial charge in [0.25, 0.3) is 0 Å². The van der Waals surface area contributed by atoms with Crippen LogP contribution in [-0.4, -0.2) is 65.3 Å². The Morgan fingerprint density at radius 1 is 1.21 bits per heavy atom. The van der Waals surface area contributed by atoms with Gasteiger partial charge in [-0.2, -0.15) is 5.10 Å². The second-order valence-electron chi connectivity index (χ2n) is 8.44. The zero-order valence-electron chi connectivity index (χ0n) is 17.3. The molecule has 0 aliphatic carbocycles. The van der Waals surface area contributed by atoms with Crippen LogP contribution >= 0.6 is 0 Å². The van der Waals surface area contributed by atoms with Gasteiger partial charge < -0.3 is 15.0 Å². The Morgan fingerprint density at radius 2 is 1.97 bits per heavy atom. The highest BCUT2D eigenvalue weighted by atomic mass is 16.5. The van der Waals surface area contributed by atoms with Crippen molar-refractivity contribution in [3.63, 3.8) is 0 Å². The van der Waals surface area contributed by atoms with Gasteiger partial charge in [-0.25, -0.2) is 0 Å². The second kappa shape index (κ2) is 8.63. The minimum absolute atomic E-state index is 0.0903. The molecule has 7 nitrogen and oxygen atoms in total. The van der Waals surface area contributed by atoms with E-state index in [0.717, 1.165) is 23.9 Å². The number of amides is 1. The lowest BCUT2D eigenvalue weighted by Gasteiger charge is -2.27. The number of ether oxygens (including phenoxy) is 1. The number of nitrogens with zero attached hydrogens (tertiary/aromatic N) is 3. The summed E-state index contributed by atoms with van der Waals surface area (Å²) >= 11 is 0. The highest BCUT2D eigenvalue weighted by Crippen LogP contribution is 2.26. The first-order chi connectivity index (χ1) is 14.0. The Hall–Kier alpha value is -2.25. The summed E-state index contributed by atoms with van der Waals surface area (Å²) in [5, 5.41) is 9.00. The lowest BCUT2D eigenvalue weighted by Crippen LogP contribution is -2.42. The molecule has 2 atom stereocenters. The van der Waals surface area contributed by atoms with Crippen LogP contribution < -0.4 is 5.32 Å². The van der Waals surface area contributed by atoms with Crippen LogP contribution in [0.1, 0.15) is 49.6 Å². The van der Waals surface area contributed by atoms with Crippen molar-refractivity contribution in [2.45, 2.75) is 45.2 Å². The molecule has 2 aromatic rings. The molecule has 2 saturated heterocycles. The number of hydrogen-bond donors (Lipinski definition) is 1. The van der Waals surface area contributed by atoms with E-state index in [1.54, 1.807) is 0 Å². The molecule has 0 unspecified atom stereocenters. The molecular weight excluding hydrogens is 368 g/mol. The lowest BCUT2D eigenvalue weighted by molar-refractivity contribution is -0.135. The van der Waals surface area contributed by atoms with E-state index in [0.29, 0.717) is 44.8 Å². The number of rotatable bonds is 6. The number of hydrogen-bond acceptors (Lipinski definition) is 5. The molecule has 7 heteroatoms. The van der Waals surface area contributed by atoms with Gasteiger partial charge in [-0.1, -0.05) is 18.2 Å². The number of benzene rings is 1. The van der Waals surface area contributed by atoms with Crippen molar-refractivity contribution in [1.29, 1.82) is 0 Å². The molecule has 2 fully saturated rings. The molecule has 0 bridgehead atoms. The molecule has 4 rings (SSSR count). The summed E-state index contributed by atoms with van der Waals surface area (Å²) < 4.78 is 7.24. The summed E-state index contributed by atoms with van der Waals surface area (Å²) in [6.07, 6.45) is 1.81. The van der Waals surface area contributed by atoms with E-state index in [4.69, 9.17) is 4.74 Å². The van der Waals surface area contributed by atoms with Crippen LogP contribution in [0.2, 0.25) is 0 Å². The molecule has 2 aliphatic rings.